The number of aliphatic hydroxyl groups is 1. The second-order valence-corrected chi connectivity index (χ2v) is 7.68. The minimum Gasteiger partial charge on any atom is -0.481 e. The number of carbonyl (C=O) groups is 1. The van der Waals surface area contributed by atoms with Crippen LogP contribution >= 0.6 is 11.6 Å². The molecule has 2 saturated heterocycles. The first-order valence-corrected chi connectivity index (χ1v) is 8.61. The van der Waals surface area contributed by atoms with Crippen molar-refractivity contribution in [2.24, 2.45) is 5.92 Å². The van der Waals surface area contributed by atoms with Crippen LogP contribution in [-0.4, -0.2) is 46.3 Å². The Kier molecular flexibility index (Phi) is 4.43. The standard InChI is InChI=1S/C18H24ClNO3/c1-18(17(22)23,12-4-3-5-13(19)10-12)16(21)11-8-14-6-7-15(9-11)20(14)2/h3-5,10-11,14-16,21H,6-9H2,1-2H3,(H,22,23)/t11?,14-,15+,16-,18?/m1/s1. The average molecular weight is 338 g/mol. The maximum absolute atomic E-state index is 12.0. The van der Waals surface area contributed by atoms with Crippen molar-refractivity contribution in [2.75, 3.05) is 7.05 Å². The van der Waals surface area contributed by atoms with Crippen LogP contribution in [0.1, 0.15) is 38.2 Å². The maximum atomic E-state index is 12.0. The van der Waals surface area contributed by atoms with Gasteiger partial charge < -0.3 is 15.1 Å². The van der Waals surface area contributed by atoms with E-state index in [0.717, 1.165) is 25.7 Å². The summed E-state index contributed by atoms with van der Waals surface area (Å²) in [7, 11) is 2.14. The highest BCUT2D eigenvalue weighted by atomic mass is 35.5. The molecule has 5 heteroatoms. The third kappa shape index (κ3) is 2.77. The first kappa shape index (κ1) is 16.7. The lowest BCUT2D eigenvalue weighted by atomic mass is 9.69. The fourth-order valence-electron chi connectivity index (χ4n) is 4.42. The molecule has 2 N–H and O–H groups in total. The highest BCUT2D eigenvalue weighted by Crippen LogP contribution is 2.43. The number of aliphatic hydroxyl groups excluding tert-OH is 1. The topological polar surface area (TPSA) is 60.8 Å². The number of nitrogens with zero attached hydrogens (tertiary/aromatic N) is 1. The molecule has 4 nitrogen and oxygen atoms in total. The van der Waals surface area contributed by atoms with Crippen molar-refractivity contribution >= 4 is 17.6 Å². The second kappa shape index (κ2) is 6.08. The SMILES string of the molecule is CN1[C@@H]2CC[C@H]1CC([C@@H](O)C(C)(C(=O)O)c1cccc(Cl)c1)C2. The van der Waals surface area contributed by atoms with Gasteiger partial charge in [0, 0.05) is 17.1 Å². The molecule has 2 aliphatic rings. The van der Waals surface area contributed by atoms with Crippen LogP contribution in [0, 0.1) is 5.92 Å². The summed E-state index contributed by atoms with van der Waals surface area (Å²) in [5.41, 5.74) is -0.776. The zero-order valence-electron chi connectivity index (χ0n) is 13.6. The van der Waals surface area contributed by atoms with E-state index in [0.29, 0.717) is 22.7 Å². The normalized spacial score (nSPS) is 31.6. The van der Waals surface area contributed by atoms with Gasteiger partial charge in [-0.3, -0.25) is 4.79 Å². The fourth-order valence-corrected chi connectivity index (χ4v) is 4.61. The zero-order chi connectivity index (χ0) is 16.8. The Balaban J connectivity index is 1.91. The van der Waals surface area contributed by atoms with E-state index in [2.05, 4.69) is 11.9 Å². The quantitative estimate of drug-likeness (QED) is 0.887. The zero-order valence-corrected chi connectivity index (χ0v) is 14.3. The smallest absolute Gasteiger partial charge is 0.316 e. The first-order valence-electron chi connectivity index (χ1n) is 8.23. The molecule has 5 atom stereocenters. The Labute approximate surface area is 142 Å². The Morgan fingerprint density at radius 1 is 1.35 bits per heavy atom. The molecule has 2 unspecified atom stereocenters. The van der Waals surface area contributed by atoms with Crippen molar-refractivity contribution in [3.63, 3.8) is 0 Å². The minimum atomic E-state index is -1.34. The second-order valence-electron chi connectivity index (χ2n) is 7.24. The number of aliphatic carboxylic acids is 1. The molecule has 2 fully saturated rings. The number of hydrogen-bond acceptors (Lipinski definition) is 3. The van der Waals surface area contributed by atoms with E-state index in [1.807, 2.05) is 0 Å². The lowest BCUT2D eigenvalue weighted by Crippen LogP contribution is -2.52. The predicted octanol–water partition coefficient (Wildman–Crippen LogP) is 2.92. The van der Waals surface area contributed by atoms with E-state index in [1.54, 1.807) is 31.2 Å². The van der Waals surface area contributed by atoms with Crippen molar-refractivity contribution in [1.82, 2.24) is 4.90 Å². The molecule has 0 spiro atoms. The van der Waals surface area contributed by atoms with E-state index in [1.165, 1.54) is 0 Å². The molecule has 0 saturated carbocycles. The Hall–Kier alpha value is -1.10. The molecule has 2 heterocycles. The summed E-state index contributed by atoms with van der Waals surface area (Å²) in [5, 5.41) is 21.4. The van der Waals surface area contributed by atoms with Gasteiger partial charge in [0.2, 0.25) is 0 Å². The number of benzene rings is 1. The summed E-state index contributed by atoms with van der Waals surface area (Å²) in [6.45, 7) is 1.62. The van der Waals surface area contributed by atoms with Gasteiger partial charge in [0.25, 0.3) is 0 Å². The third-order valence-electron chi connectivity index (χ3n) is 6.04. The van der Waals surface area contributed by atoms with Crippen molar-refractivity contribution in [1.29, 1.82) is 0 Å². The first-order chi connectivity index (χ1) is 10.8. The summed E-state index contributed by atoms with van der Waals surface area (Å²) in [6.07, 6.45) is 3.08. The summed E-state index contributed by atoms with van der Waals surface area (Å²) >= 11 is 6.04. The number of halogens is 1. The van der Waals surface area contributed by atoms with Crippen LogP contribution in [0.15, 0.2) is 24.3 Å². The largest absolute Gasteiger partial charge is 0.481 e. The van der Waals surface area contributed by atoms with Crippen LogP contribution in [-0.2, 0) is 10.2 Å². The average Bonchev–Trinajstić information content (AvgIpc) is 2.75. The molecular formula is C18H24ClNO3. The molecule has 1 aromatic rings. The summed E-state index contributed by atoms with van der Waals surface area (Å²) in [5.74, 6) is -0.998. The van der Waals surface area contributed by atoms with Gasteiger partial charge in [0.1, 0.15) is 5.41 Å². The van der Waals surface area contributed by atoms with Crippen LogP contribution < -0.4 is 0 Å². The van der Waals surface area contributed by atoms with Crippen LogP contribution in [0.25, 0.3) is 0 Å². The molecule has 2 bridgehead atoms. The molecule has 3 rings (SSSR count). The summed E-state index contributed by atoms with van der Waals surface area (Å²) in [4.78, 5) is 14.4. The lowest BCUT2D eigenvalue weighted by molar-refractivity contribution is -0.150. The van der Waals surface area contributed by atoms with Crippen molar-refractivity contribution in [3.8, 4) is 0 Å². The highest BCUT2D eigenvalue weighted by Gasteiger charge is 2.50. The minimum absolute atomic E-state index is 0.00350. The van der Waals surface area contributed by atoms with Gasteiger partial charge in [-0.1, -0.05) is 23.7 Å². The number of carboxylic acids is 1. The molecule has 23 heavy (non-hydrogen) atoms. The maximum Gasteiger partial charge on any atom is 0.316 e. The van der Waals surface area contributed by atoms with Gasteiger partial charge >= 0.3 is 5.97 Å². The molecule has 0 amide bonds. The number of fused-ring (bicyclic) bond motifs is 2. The summed E-state index contributed by atoms with van der Waals surface area (Å²) in [6, 6.07) is 7.78. The van der Waals surface area contributed by atoms with E-state index < -0.39 is 17.5 Å². The third-order valence-corrected chi connectivity index (χ3v) is 6.28. The Morgan fingerprint density at radius 2 is 1.96 bits per heavy atom. The van der Waals surface area contributed by atoms with E-state index >= 15 is 0 Å². The number of piperidine rings is 1. The van der Waals surface area contributed by atoms with E-state index in [-0.39, 0.29) is 5.92 Å². The van der Waals surface area contributed by atoms with Crippen LogP contribution in [0.4, 0.5) is 0 Å². The van der Waals surface area contributed by atoms with Gasteiger partial charge in [0.05, 0.1) is 6.10 Å². The van der Waals surface area contributed by atoms with Gasteiger partial charge in [0.15, 0.2) is 0 Å². The predicted molar refractivity (Wildman–Crippen MR) is 89.7 cm³/mol. The Bertz CT molecular complexity index is 594. The fraction of sp³-hybridized carbons (Fsp3) is 0.611. The monoisotopic (exact) mass is 337 g/mol. The highest BCUT2D eigenvalue weighted by molar-refractivity contribution is 6.30. The molecule has 1 aromatic carbocycles. The molecule has 0 radical (unpaired) electrons. The molecule has 0 aliphatic carbocycles. The molecule has 2 aliphatic heterocycles. The van der Waals surface area contributed by atoms with Gasteiger partial charge in [-0.05, 0) is 63.3 Å². The van der Waals surface area contributed by atoms with Crippen LogP contribution in [0.3, 0.4) is 0 Å². The molecular weight excluding hydrogens is 314 g/mol. The van der Waals surface area contributed by atoms with E-state index in [4.69, 9.17) is 11.6 Å². The summed E-state index contributed by atoms with van der Waals surface area (Å²) < 4.78 is 0. The number of carboxylic acid groups (broad SMARTS) is 1. The van der Waals surface area contributed by atoms with Gasteiger partial charge in [-0.25, -0.2) is 0 Å². The van der Waals surface area contributed by atoms with Crippen LogP contribution in [0.2, 0.25) is 5.02 Å². The van der Waals surface area contributed by atoms with Crippen molar-refractivity contribution in [3.05, 3.63) is 34.9 Å². The van der Waals surface area contributed by atoms with Crippen molar-refractivity contribution in [2.45, 2.75) is 56.2 Å². The number of rotatable bonds is 4. The Morgan fingerprint density at radius 3 is 2.48 bits per heavy atom. The molecule has 126 valence electrons. The van der Waals surface area contributed by atoms with Gasteiger partial charge in [-0.2, -0.15) is 0 Å². The molecule has 0 aromatic heterocycles. The van der Waals surface area contributed by atoms with E-state index in [9.17, 15) is 15.0 Å². The number of hydrogen-bond donors (Lipinski definition) is 2. The lowest BCUT2D eigenvalue weighted by Gasteiger charge is -2.42. The van der Waals surface area contributed by atoms with Crippen molar-refractivity contribution < 1.29 is 15.0 Å². The van der Waals surface area contributed by atoms with Gasteiger partial charge in [-0.15, -0.1) is 0 Å². The van der Waals surface area contributed by atoms with Crippen LogP contribution in [0.5, 0.6) is 0 Å².